The maximum atomic E-state index is 11.6. The summed E-state index contributed by atoms with van der Waals surface area (Å²) < 4.78 is 0. The van der Waals surface area contributed by atoms with Crippen molar-refractivity contribution in [3.63, 3.8) is 0 Å². The average Bonchev–Trinajstić information content (AvgIpc) is 2.27. The Morgan fingerprint density at radius 3 is 2.47 bits per heavy atom. The lowest BCUT2D eigenvalue weighted by atomic mass is 9.93. The first-order valence-electron chi connectivity index (χ1n) is 5.21. The van der Waals surface area contributed by atoms with Crippen LogP contribution in [-0.2, 0) is 9.59 Å². The van der Waals surface area contributed by atoms with Gasteiger partial charge in [-0.3, -0.25) is 14.6 Å². The zero-order valence-corrected chi connectivity index (χ0v) is 10.4. The predicted octanol–water partition coefficient (Wildman–Crippen LogP) is 0.365. The Balaban J connectivity index is 4.23. The van der Waals surface area contributed by atoms with Gasteiger partial charge in [0.1, 0.15) is 5.41 Å². The van der Waals surface area contributed by atoms with Gasteiger partial charge in [-0.15, -0.1) is 0 Å². The molecule has 1 amide bonds. The lowest BCUT2D eigenvalue weighted by Crippen LogP contribution is -2.42. The van der Waals surface area contributed by atoms with E-state index < -0.39 is 17.3 Å². The molecule has 17 heavy (non-hydrogen) atoms. The van der Waals surface area contributed by atoms with Crippen LogP contribution in [-0.4, -0.2) is 37.3 Å². The molecule has 0 saturated carbocycles. The van der Waals surface area contributed by atoms with Crippen molar-refractivity contribution in [2.24, 2.45) is 10.4 Å². The number of carboxylic acids is 1. The fourth-order valence-electron chi connectivity index (χ4n) is 0.986. The highest BCUT2D eigenvalue weighted by Gasteiger charge is 2.35. The topological polar surface area (TPSA) is 90.8 Å². The second kappa shape index (κ2) is 6.67. The molecule has 0 radical (unpaired) electrons. The first kappa shape index (κ1) is 15.2. The number of amides is 1. The second-order valence-corrected chi connectivity index (χ2v) is 4.02. The molecule has 0 spiro atoms. The van der Waals surface area contributed by atoms with Crippen LogP contribution in [0, 0.1) is 5.41 Å². The molecule has 0 bridgehead atoms. The zero-order chi connectivity index (χ0) is 13.5. The smallest absolute Gasteiger partial charge is 0.318 e. The lowest BCUT2D eigenvalue weighted by molar-refractivity contribution is -0.153. The summed E-state index contributed by atoms with van der Waals surface area (Å²) in [5, 5.41) is 14.2. The van der Waals surface area contributed by atoms with E-state index in [1.807, 2.05) is 0 Å². The van der Waals surface area contributed by atoms with Crippen LogP contribution in [0.1, 0.15) is 20.3 Å². The maximum Gasteiger partial charge on any atom is 0.318 e. The minimum atomic E-state index is -1.42. The summed E-state index contributed by atoms with van der Waals surface area (Å²) in [7, 11) is 1.73. The normalized spacial score (nSPS) is 11.8. The van der Waals surface area contributed by atoms with E-state index in [1.165, 1.54) is 13.8 Å². The molecule has 0 aliphatic carbocycles. The molecule has 6 nitrogen and oxygen atoms in total. The van der Waals surface area contributed by atoms with Crippen molar-refractivity contribution in [1.82, 2.24) is 10.6 Å². The number of rotatable bonds is 7. The van der Waals surface area contributed by atoms with Gasteiger partial charge in [-0.2, -0.15) is 0 Å². The van der Waals surface area contributed by atoms with Gasteiger partial charge < -0.3 is 15.7 Å². The summed E-state index contributed by atoms with van der Waals surface area (Å²) in [4.78, 5) is 26.1. The van der Waals surface area contributed by atoms with Gasteiger partial charge in [-0.1, -0.05) is 0 Å². The SMILES string of the molecule is C=N/C(=C\NC)CCNC(=O)C(C)(C)C(=O)O. The van der Waals surface area contributed by atoms with Crippen molar-refractivity contribution >= 4 is 18.6 Å². The molecule has 0 fully saturated rings. The number of nitrogens with zero attached hydrogens (tertiary/aromatic N) is 1. The van der Waals surface area contributed by atoms with Gasteiger partial charge in [0.2, 0.25) is 5.91 Å². The highest BCUT2D eigenvalue weighted by Crippen LogP contribution is 2.15. The molecule has 0 atom stereocenters. The van der Waals surface area contributed by atoms with E-state index in [0.29, 0.717) is 18.7 Å². The monoisotopic (exact) mass is 241 g/mol. The Labute approximate surface area is 101 Å². The summed E-state index contributed by atoms with van der Waals surface area (Å²) >= 11 is 0. The summed E-state index contributed by atoms with van der Waals surface area (Å²) in [6, 6.07) is 0. The van der Waals surface area contributed by atoms with E-state index in [9.17, 15) is 9.59 Å². The molecule has 0 unspecified atom stereocenters. The Morgan fingerprint density at radius 2 is 2.06 bits per heavy atom. The Bertz CT molecular complexity index is 335. The predicted molar refractivity (Wildman–Crippen MR) is 65.7 cm³/mol. The highest BCUT2D eigenvalue weighted by atomic mass is 16.4. The zero-order valence-electron chi connectivity index (χ0n) is 10.4. The number of aliphatic carboxylic acids is 1. The van der Waals surface area contributed by atoms with E-state index in [2.05, 4.69) is 22.3 Å². The number of carbonyl (C=O) groups excluding carboxylic acids is 1. The summed E-state index contributed by atoms with van der Waals surface area (Å²) in [5.41, 5.74) is -0.727. The van der Waals surface area contributed by atoms with Crippen LogP contribution in [0.5, 0.6) is 0 Å². The molecule has 0 aromatic carbocycles. The van der Waals surface area contributed by atoms with Gasteiger partial charge in [0.25, 0.3) is 0 Å². The van der Waals surface area contributed by atoms with E-state index in [0.717, 1.165) is 0 Å². The fraction of sp³-hybridized carbons (Fsp3) is 0.545. The van der Waals surface area contributed by atoms with Crippen LogP contribution in [0.4, 0.5) is 0 Å². The van der Waals surface area contributed by atoms with E-state index in [-0.39, 0.29) is 0 Å². The van der Waals surface area contributed by atoms with Crippen molar-refractivity contribution < 1.29 is 14.7 Å². The maximum absolute atomic E-state index is 11.6. The molecule has 3 N–H and O–H groups in total. The molecular formula is C11H19N3O3. The lowest BCUT2D eigenvalue weighted by Gasteiger charge is -2.18. The molecule has 6 heteroatoms. The van der Waals surface area contributed by atoms with Crippen LogP contribution < -0.4 is 10.6 Å². The number of nitrogens with one attached hydrogen (secondary N) is 2. The van der Waals surface area contributed by atoms with Crippen molar-refractivity contribution in [2.75, 3.05) is 13.6 Å². The summed E-state index contributed by atoms with van der Waals surface area (Å²) in [6.45, 7) is 6.43. The molecule has 0 heterocycles. The highest BCUT2D eigenvalue weighted by molar-refractivity contribution is 6.00. The molecule has 0 aliphatic heterocycles. The Hall–Kier alpha value is -1.85. The number of carbonyl (C=O) groups is 2. The summed E-state index contributed by atoms with van der Waals surface area (Å²) in [5.74, 6) is -1.67. The van der Waals surface area contributed by atoms with Gasteiger partial charge in [0.05, 0.1) is 5.70 Å². The first-order valence-corrected chi connectivity index (χ1v) is 5.21. The van der Waals surface area contributed by atoms with Crippen LogP contribution in [0.2, 0.25) is 0 Å². The molecule has 0 aliphatic rings. The van der Waals surface area contributed by atoms with Crippen molar-refractivity contribution in [3.05, 3.63) is 11.9 Å². The summed E-state index contributed by atoms with van der Waals surface area (Å²) in [6.07, 6.45) is 2.16. The average molecular weight is 241 g/mol. The molecule has 0 aromatic heterocycles. The third-order valence-corrected chi connectivity index (χ3v) is 2.28. The fourth-order valence-corrected chi connectivity index (χ4v) is 0.986. The molecular weight excluding hydrogens is 222 g/mol. The molecule has 0 aromatic rings. The largest absolute Gasteiger partial charge is 0.480 e. The van der Waals surface area contributed by atoms with E-state index in [4.69, 9.17) is 5.11 Å². The number of aliphatic imine (C=N–C) groups is 1. The van der Waals surface area contributed by atoms with Gasteiger partial charge in [-0.25, -0.2) is 0 Å². The number of carboxylic acid groups (broad SMARTS) is 1. The Kier molecular flexibility index (Phi) is 5.95. The third-order valence-electron chi connectivity index (χ3n) is 2.28. The molecule has 96 valence electrons. The van der Waals surface area contributed by atoms with Crippen LogP contribution in [0.3, 0.4) is 0 Å². The van der Waals surface area contributed by atoms with Gasteiger partial charge >= 0.3 is 5.97 Å². The molecule has 0 rings (SSSR count). The van der Waals surface area contributed by atoms with Gasteiger partial charge in [0.15, 0.2) is 0 Å². The van der Waals surface area contributed by atoms with Crippen molar-refractivity contribution in [2.45, 2.75) is 20.3 Å². The van der Waals surface area contributed by atoms with E-state index in [1.54, 1.807) is 13.2 Å². The van der Waals surface area contributed by atoms with Crippen molar-refractivity contribution in [1.29, 1.82) is 0 Å². The van der Waals surface area contributed by atoms with Crippen molar-refractivity contribution in [3.8, 4) is 0 Å². The van der Waals surface area contributed by atoms with Crippen LogP contribution in [0.25, 0.3) is 0 Å². The number of hydrogen-bond donors (Lipinski definition) is 3. The molecule has 0 saturated heterocycles. The van der Waals surface area contributed by atoms with Gasteiger partial charge in [-0.05, 0) is 20.6 Å². The van der Waals surface area contributed by atoms with Gasteiger partial charge in [0, 0.05) is 26.2 Å². The van der Waals surface area contributed by atoms with E-state index >= 15 is 0 Å². The van der Waals surface area contributed by atoms with Crippen LogP contribution in [0.15, 0.2) is 16.9 Å². The third kappa shape index (κ3) is 4.67. The second-order valence-electron chi connectivity index (χ2n) is 4.02. The first-order chi connectivity index (χ1) is 7.86. The van der Waals surface area contributed by atoms with Crippen LogP contribution >= 0.6 is 0 Å². The number of hydrogen-bond acceptors (Lipinski definition) is 4. The minimum absolute atomic E-state index is 0.322. The minimum Gasteiger partial charge on any atom is -0.480 e. The standard InChI is InChI=1S/C11H19N3O3/c1-11(2,10(16)17)9(15)14-6-5-8(13-4)7-12-3/h7,12H,4-6H2,1-3H3,(H,14,15)(H,16,17)/b8-7-. The quantitative estimate of drug-likeness (QED) is 0.443. The Morgan fingerprint density at radius 1 is 1.47 bits per heavy atom.